The average Bonchev–Trinajstić information content (AvgIpc) is 3.29. The van der Waals surface area contributed by atoms with Crippen LogP contribution in [0.3, 0.4) is 0 Å². The Hall–Kier alpha value is -3.78. The molecule has 32 heavy (non-hydrogen) atoms. The van der Waals surface area contributed by atoms with Crippen LogP contribution in [0, 0.1) is 0 Å². The normalized spacial score (nSPS) is 12.8. The predicted octanol–water partition coefficient (Wildman–Crippen LogP) is 3.88. The maximum Gasteiger partial charge on any atom is 0.180 e. The van der Waals surface area contributed by atoms with E-state index in [1.807, 2.05) is 67.3 Å². The van der Waals surface area contributed by atoms with Crippen LogP contribution in [0.4, 0.5) is 17.2 Å². The van der Waals surface area contributed by atoms with Crippen molar-refractivity contribution in [2.75, 3.05) is 51.0 Å². The van der Waals surface area contributed by atoms with E-state index in [2.05, 4.69) is 26.6 Å². The summed E-state index contributed by atoms with van der Waals surface area (Å²) < 4.78 is 13.5. The minimum absolute atomic E-state index is 0.652. The summed E-state index contributed by atoms with van der Waals surface area (Å²) in [5.41, 5.74) is 4.52. The number of fused-ring (bicyclic) bond motifs is 2. The van der Waals surface area contributed by atoms with Crippen LogP contribution in [0.2, 0.25) is 0 Å². The molecule has 0 aliphatic carbocycles. The van der Waals surface area contributed by atoms with Gasteiger partial charge >= 0.3 is 0 Å². The van der Waals surface area contributed by atoms with Gasteiger partial charge < -0.3 is 29.4 Å². The molecule has 0 bridgehead atoms. The molecule has 5 rings (SSSR count). The van der Waals surface area contributed by atoms with Crippen molar-refractivity contribution >= 4 is 22.8 Å². The molecular weight excluding hydrogens is 404 g/mol. The van der Waals surface area contributed by atoms with Gasteiger partial charge in [-0.15, -0.1) is 0 Å². The highest BCUT2D eigenvalue weighted by Gasteiger charge is 2.14. The molecule has 0 fully saturated rings. The molecule has 0 spiro atoms. The molecule has 0 radical (unpaired) electrons. The predicted molar refractivity (Wildman–Crippen MR) is 126 cm³/mol. The van der Waals surface area contributed by atoms with Gasteiger partial charge in [-0.3, -0.25) is 0 Å². The number of aromatic nitrogens is 3. The molecule has 1 aliphatic heterocycles. The van der Waals surface area contributed by atoms with Crippen LogP contribution in [-0.2, 0) is 0 Å². The number of benzene rings is 2. The van der Waals surface area contributed by atoms with Gasteiger partial charge in [0.15, 0.2) is 11.5 Å². The Kier molecular flexibility index (Phi) is 5.51. The molecule has 0 atom stereocenters. The third-order valence-electron chi connectivity index (χ3n) is 5.25. The van der Waals surface area contributed by atoms with Crippen molar-refractivity contribution < 1.29 is 9.47 Å². The molecule has 0 unspecified atom stereocenters. The molecule has 0 saturated carbocycles. The van der Waals surface area contributed by atoms with E-state index in [9.17, 15) is 0 Å². The number of likely N-dealkylation sites (N-methyl/N-ethyl adjacent to an activating group) is 1. The van der Waals surface area contributed by atoms with Crippen LogP contribution in [0.15, 0.2) is 61.1 Å². The SMILES string of the molecule is CN(C)CCOc1ccc(Nc2nc(-c3ccc4c(c3)NCCO4)cn3ccnc23)cc1. The molecule has 4 aromatic rings. The Labute approximate surface area is 186 Å². The smallest absolute Gasteiger partial charge is 0.180 e. The summed E-state index contributed by atoms with van der Waals surface area (Å²) in [5.74, 6) is 2.40. The highest BCUT2D eigenvalue weighted by atomic mass is 16.5. The summed E-state index contributed by atoms with van der Waals surface area (Å²) in [6.45, 7) is 3.00. The Morgan fingerprint density at radius 2 is 2.06 bits per heavy atom. The number of anilines is 3. The average molecular weight is 431 g/mol. The van der Waals surface area contributed by atoms with Gasteiger partial charge in [0, 0.05) is 42.9 Å². The van der Waals surface area contributed by atoms with Gasteiger partial charge in [-0.2, -0.15) is 0 Å². The van der Waals surface area contributed by atoms with Crippen LogP contribution in [0.5, 0.6) is 11.5 Å². The minimum atomic E-state index is 0.652. The second-order valence-corrected chi connectivity index (χ2v) is 7.92. The molecule has 8 nitrogen and oxygen atoms in total. The van der Waals surface area contributed by atoms with Crippen LogP contribution in [0.25, 0.3) is 16.9 Å². The van der Waals surface area contributed by atoms with Crippen molar-refractivity contribution in [3.63, 3.8) is 0 Å². The number of hydrogen-bond donors (Lipinski definition) is 2. The van der Waals surface area contributed by atoms with E-state index in [0.29, 0.717) is 19.0 Å². The molecule has 1 aliphatic rings. The minimum Gasteiger partial charge on any atom is -0.492 e. The lowest BCUT2D eigenvalue weighted by Gasteiger charge is -2.19. The first-order valence-electron chi connectivity index (χ1n) is 10.7. The van der Waals surface area contributed by atoms with Crippen molar-refractivity contribution in [2.24, 2.45) is 0 Å². The van der Waals surface area contributed by atoms with Gasteiger partial charge in [0.25, 0.3) is 0 Å². The van der Waals surface area contributed by atoms with Crippen molar-refractivity contribution in [1.29, 1.82) is 0 Å². The first-order chi connectivity index (χ1) is 15.7. The number of imidazole rings is 1. The summed E-state index contributed by atoms with van der Waals surface area (Å²) in [4.78, 5) is 11.4. The number of rotatable bonds is 7. The fourth-order valence-corrected chi connectivity index (χ4v) is 3.57. The second kappa shape index (κ2) is 8.76. The molecule has 2 aromatic heterocycles. The van der Waals surface area contributed by atoms with Crippen LogP contribution in [0.1, 0.15) is 0 Å². The molecule has 0 saturated heterocycles. The van der Waals surface area contributed by atoms with E-state index in [4.69, 9.17) is 14.5 Å². The molecule has 164 valence electrons. The molecular formula is C24H26N6O2. The summed E-state index contributed by atoms with van der Waals surface area (Å²) in [5, 5.41) is 6.79. The maximum atomic E-state index is 5.78. The topological polar surface area (TPSA) is 76.0 Å². The highest BCUT2D eigenvalue weighted by Crippen LogP contribution is 2.33. The summed E-state index contributed by atoms with van der Waals surface area (Å²) in [7, 11) is 4.06. The van der Waals surface area contributed by atoms with Crippen molar-refractivity contribution in [3.05, 3.63) is 61.1 Å². The zero-order chi connectivity index (χ0) is 21.9. The van der Waals surface area contributed by atoms with Crippen molar-refractivity contribution in [3.8, 4) is 22.8 Å². The molecule has 8 heteroatoms. The Morgan fingerprint density at radius 1 is 1.19 bits per heavy atom. The number of nitrogens with one attached hydrogen (secondary N) is 2. The zero-order valence-corrected chi connectivity index (χ0v) is 18.2. The first kappa shape index (κ1) is 20.1. The third kappa shape index (κ3) is 4.31. The molecule has 0 amide bonds. The lowest BCUT2D eigenvalue weighted by atomic mass is 10.1. The summed E-state index contributed by atoms with van der Waals surface area (Å²) in [6, 6.07) is 14.0. The standard InChI is InChI=1S/C24H26N6O2/c1-29(2)12-14-31-19-6-4-18(5-7-19)27-23-24-26-9-11-30(24)16-21(28-23)17-3-8-22-20(15-17)25-10-13-32-22/h3-9,11,15-16,25H,10,12-14H2,1-2H3,(H,27,28). The van der Waals surface area contributed by atoms with Crippen LogP contribution >= 0.6 is 0 Å². The number of nitrogens with zero attached hydrogens (tertiary/aromatic N) is 4. The molecule has 2 N–H and O–H groups in total. The van der Waals surface area contributed by atoms with E-state index in [-0.39, 0.29) is 0 Å². The Morgan fingerprint density at radius 3 is 2.91 bits per heavy atom. The van der Waals surface area contributed by atoms with E-state index >= 15 is 0 Å². The van der Waals surface area contributed by atoms with Gasteiger partial charge in [0.1, 0.15) is 24.7 Å². The molecule has 3 heterocycles. The number of hydrogen-bond acceptors (Lipinski definition) is 7. The van der Waals surface area contributed by atoms with E-state index in [0.717, 1.165) is 52.9 Å². The fourth-order valence-electron chi connectivity index (χ4n) is 3.57. The van der Waals surface area contributed by atoms with Crippen molar-refractivity contribution in [1.82, 2.24) is 19.3 Å². The second-order valence-electron chi connectivity index (χ2n) is 7.92. The maximum absolute atomic E-state index is 5.78. The van der Waals surface area contributed by atoms with Crippen LogP contribution in [-0.4, -0.2) is 59.7 Å². The lowest BCUT2D eigenvalue weighted by Crippen LogP contribution is -2.19. The van der Waals surface area contributed by atoms with Crippen molar-refractivity contribution in [2.45, 2.75) is 0 Å². The van der Waals surface area contributed by atoms with E-state index < -0.39 is 0 Å². The summed E-state index contributed by atoms with van der Waals surface area (Å²) in [6.07, 6.45) is 5.68. The van der Waals surface area contributed by atoms with Gasteiger partial charge in [-0.25, -0.2) is 9.97 Å². The van der Waals surface area contributed by atoms with E-state index in [1.165, 1.54) is 0 Å². The first-order valence-corrected chi connectivity index (χ1v) is 10.7. The van der Waals surface area contributed by atoms with Gasteiger partial charge in [0.2, 0.25) is 0 Å². The summed E-state index contributed by atoms with van der Waals surface area (Å²) >= 11 is 0. The Balaban J connectivity index is 1.40. The number of ether oxygens (including phenoxy) is 2. The Bertz CT molecular complexity index is 1220. The third-order valence-corrected chi connectivity index (χ3v) is 5.25. The van der Waals surface area contributed by atoms with Gasteiger partial charge in [-0.1, -0.05) is 0 Å². The van der Waals surface area contributed by atoms with Gasteiger partial charge in [-0.05, 0) is 56.6 Å². The lowest BCUT2D eigenvalue weighted by molar-refractivity contribution is 0.261. The fraction of sp³-hybridized carbons (Fsp3) is 0.250. The van der Waals surface area contributed by atoms with Gasteiger partial charge in [0.05, 0.1) is 11.4 Å². The quantitative estimate of drug-likeness (QED) is 0.461. The van der Waals surface area contributed by atoms with Crippen LogP contribution < -0.4 is 20.1 Å². The van der Waals surface area contributed by atoms with E-state index in [1.54, 1.807) is 6.20 Å². The highest BCUT2D eigenvalue weighted by molar-refractivity contribution is 5.76. The monoisotopic (exact) mass is 430 g/mol. The largest absolute Gasteiger partial charge is 0.492 e. The zero-order valence-electron chi connectivity index (χ0n) is 18.2. The molecule has 2 aromatic carbocycles.